The van der Waals surface area contributed by atoms with E-state index in [1.165, 1.54) is 50.8 Å². The molecule has 1 aliphatic rings. The van der Waals surface area contributed by atoms with Gasteiger partial charge in [-0.15, -0.1) is 0 Å². The largest absolute Gasteiger partial charge is 0.355 e. The molecular weight excluding hydrogens is 256 g/mol. The highest BCUT2D eigenvalue weighted by Gasteiger charge is 2.39. The summed E-state index contributed by atoms with van der Waals surface area (Å²) in [5.41, 5.74) is 0.292. The smallest absolute Gasteiger partial charge is 0.106 e. The number of aliphatic imine (C=N–C) groups is 1. The van der Waals surface area contributed by atoms with Crippen molar-refractivity contribution in [2.75, 3.05) is 6.54 Å². The fourth-order valence-electron chi connectivity index (χ4n) is 3.30. The van der Waals surface area contributed by atoms with Gasteiger partial charge < -0.3 is 4.90 Å². The zero-order valence-corrected chi connectivity index (χ0v) is 15.6. The summed E-state index contributed by atoms with van der Waals surface area (Å²) < 4.78 is 0. The van der Waals surface area contributed by atoms with Gasteiger partial charge in [-0.05, 0) is 34.1 Å². The fourth-order valence-corrected chi connectivity index (χ4v) is 3.30. The Bertz CT molecular complexity index is 339. The summed E-state index contributed by atoms with van der Waals surface area (Å²) >= 11 is 0. The molecule has 0 aliphatic carbocycles. The topological polar surface area (TPSA) is 15.6 Å². The van der Waals surface area contributed by atoms with Gasteiger partial charge >= 0.3 is 0 Å². The van der Waals surface area contributed by atoms with Crippen LogP contribution in [0, 0.1) is 5.41 Å². The lowest BCUT2D eigenvalue weighted by Crippen LogP contribution is -2.43. The van der Waals surface area contributed by atoms with Crippen LogP contribution in [0.4, 0.5) is 0 Å². The first-order valence-corrected chi connectivity index (χ1v) is 9.06. The van der Waals surface area contributed by atoms with E-state index in [-0.39, 0.29) is 11.0 Å². The van der Waals surface area contributed by atoms with Crippen LogP contribution in [-0.2, 0) is 0 Å². The highest BCUT2D eigenvalue weighted by molar-refractivity contribution is 5.89. The molecule has 0 radical (unpaired) electrons. The number of hydrogen-bond acceptors (Lipinski definition) is 2. The van der Waals surface area contributed by atoms with Gasteiger partial charge in [0.1, 0.15) is 5.84 Å². The molecule has 0 aromatic heterocycles. The zero-order valence-electron chi connectivity index (χ0n) is 15.6. The molecule has 0 N–H and O–H groups in total. The normalized spacial score (nSPS) is 18.5. The van der Waals surface area contributed by atoms with Crippen molar-refractivity contribution in [1.29, 1.82) is 0 Å². The van der Waals surface area contributed by atoms with Gasteiger partial charge in [0, 0.05) is 18.0 Å². The predicted octanol–water partition coefficient (Wildman–Crippen LogP) is 5.66. The van der Waals surface area contributed by atoms with Crippen LogP contribution >= 0.6 is 0 Å². The molecule has 0 atom stereocenters. The number of hydrogen-bond donors (Lipinski definition) is 0. The minimum Gasteiger partial charge on any atom is -0.355 e. The van der Waals surface area contributed by atoms with Crippen molar-refractivity contribution in [3.8, 4) is 0 Å². The molecule has 0 saturated carbocycles. The molecule has 0 saturated heterocycles. The van der Waals surface area contributed by atoms with E-state index in [4.69, 9.17) is 4.99 Å². The molecule has 2 heteroatoms. The molecule has 21 heavy (non-hydrogen) atoms. The molecule has 1 heterocycles. The van der Waals surface area contributed by atoms with E-state index in [1.54, 1.807) is 0 Å². The monoisotopic (exact) mass is 294 g/mol. The summed E-state index contributed by atoms with van der Waals surface area (Å²) in [5, 5.41) is 0. The number of amidine groups is 1. The van der Waals surface area contributed by atoms with Crippen molar-refractivity contribution < 1.29 is 0 Å². The summed E-state index contributed by atoms with van der Waals surface area (Å²) in [4.78, 5) is 7.59. The molecule has 2 nitrogen and oxygen atoms in total. The van der Waals surface area contributed by atoms with Crippen molar-refractivity contribution >= 4 is 5.84 Å². The Labute approximate surface area is 133 Å². The molecule has 0 aromatic carbocycles. The Morgan fingerprint density at radius 3 is 2.24 bits per heavy atom. The Morgan fingerprint density at radius 1 is 1.10 bits per heavy atom. The molecule has 1 aliphatic heterocycles. The van der Waals surface area contributed by atoms with Gasteiger partial charge in [0.25, 0.3) is 0 Å². The maximum absolute atomic E-state index is 5.07. The minimum atomic E-state index is 0.0813. The van der Waals surface area contributed by atoms with Crippen LogP contribution in [0.3, 0.4) is 0 Å². The molecule has 124 valence electrons. The molecular formula is C19H38N2. The lowest BCUT2D eigenvalue weighted by Gasteiger charge is -2.35. The minimum absolute atomic E-state index is 0.0813. The van der Waals surface area contributed by atoms with E-state index in [1.807, 2.05) is 0 Å². The van der Waals surface area contributed by atoms with Crippen molar-refractivity contribution in [2.24, 2.45) is 10.4 Å². The first kappa shape index (κ1) is 18.5. The third-order valence-electron chi connectivity index (χ3n) is 4.62. The fraction of sp³-hybridized carbons (Fsp3) is 0.947. The summed E-state index contributed by atoms with van der Waals surface area (Å²) in [5.74, 6) is 1.34. The van der Waals surface area contributed by atoms with Crippen LogP contribution in [0.15, 0.2) is 4.99 Å². The van der Waals surface area contributed by atoms with Gasteiger partial charge in [-0.2, -0.15) is 0 Å². The second kappa shape index (κ2) is 7.65. The number of rotatable bonds is 9. The zero-order chi connectivity index (χ0) is 16.1. The average Bonchev–Trinajstić information content (AvgIpc) is 2.71. The van der Waals surface area contributed by atoms with Gasteiger partial charge in [0.2, 0.25) is 0 Å². The first-order chi connectivity index (χ1) is 9.69. The molecule has 0 aromatic rings. The third kappa shape index (κ3) is 5.64. The standard InChI is InChI=1S/C19H38N2/c1-8-9-10-11-12-13-14-18(4,5)17-20-19(6,7)15-21(17)16(2)3/h16H,8-15H2,1-7H3. The van der Waals surface area contributed by atoms with Crippen LogP contribution in [0.1, 0.15) is 93.4 Å². The SMILES string of the molecule is CCCCCCCCC(C)(C)C1=NC(C)(C)CN1C(C)C. The van der Waals surface area contributed by atoms with Crippen LogP contribution in [-0.4, -0.2) is 28.9 Å². The molecule has 0 amide bonds. The van der Waals surface area contributed by atoms with Gasteiger partial charge in [-0.1, -0.05) is 59.3 Å². The molecule has 0 fully saturated rings. The molecule has 0 spiro atoms. The maximum Gasteiger partial charge on any atom is 0.106 e. The lowest BCUT2D eigenvalue weighted by molar-refractivity contribution is 0.293. The van der Waals surface area contributed by atoms with Crippen LogP contribution in [0.2, 0.25) is 0 Å². The maximum atomic E-state index is 5.07. The quantitative estimate of drug-likeness (QED) is 0.501. The van der Waals surface area contributed by atoms with E-state index in [2.05, 4.69) is 53.4 Å². The van der Waals surface area contributed by atoms with Crippen molar-refractivity contribution in [1.82, 2.24) is 4.90 Å². The molecule has 0 unspecified atom stereocenters. The Hall–Kier alpha value is -0.530. The second-order valence-electron chi connectivity index (χ2n) is 8.37. The number of unbranched alkanes of at least 4 members (excludes halogenated alkanes) is 5. The highest BCUT2D eigenvalue weighted by Crippen LogP contribution is 2.35. The van der Waals surface area contributed by atoms with Crippen LogP contribution in [0.25, 0.3) is 0 Å². The second-order valence-corrected chi connectivity index (χ2v) is 8.37. The predicted molar refractivity (Wildman–Crippen MR) is 95.1 cm³/mol. The van der Waals surface area contributed by atoms with E-state index in [0.717, 1.165) is 6.54 Å². The summed E-state index contributed by atoms with van der Waals surface area (Å²) in [7, 11) is 0. The highest BCUT2D eigenvalue weighted by atomic mass is 15.3. The van der Waals surface area contributed by atoms with Crippen molar-refractivity contribution in [3.05, 3.63) is 0 Å². The van der Waals surface area contributed by atoms with Crippen LogP contribution < -0.4 is 0 Å². The van der Waals surface area contributed by atoms with E-state index in [9.17, 15) is 0 Å². The van der Waals surface area contributed by atoms with Crippen molar-refractivity contribution in [3.63, 3.8) is 0 Å². The Morgan fingerprint density at radius 2 is 1.67 bits per heavy atom. The van der Waals surface area contributed by atoms with Crippen molar-refractivity contribution in [2.45, 2.75) is 105 Å². The summed E-state index contributed by atoms with van der Waals surface area (Å²) in [6.45, 7) is 17.2. The van der Waals surface area contributed by atoms with E-state index < -0.39 is 0 Å². The van der Waals surface area contributed by atoms with Gasteiger partial charge in [-0.3, -0.25) is 4.99 Å². The van der Waals surface area contributed by atoms with E-state index >= 15 is 0 Å². The van der Waals surface area contributed by atoms with Gasteiger partial charge in [0.15, 0.2) is 0 Å². The summed E-state index contributed by atoms with van der Waals surface area (Å²) in [6.07, 6.45) is 9.51. The molecule has 1 rings (SSSR count). The number of nitrogens with zero attached hydrogens (tertiary/aromatic N) is 2. The van der Waals surface area contributed by atoms with Gasteiger partial charge in [0.05, 0.1) is 5.54 Å². The van der Waals surface area contributed by atoms with E-state index in [0.29, 0.717) is 6.04 Å². The first-order valence-electron chi connectivity index (χ1n) is 9.06. The molecule has 0 bridgehead atoms. The Kier molecular flexibility index (Phi) is 6.74. The third-order valence-corrected chi connectivity index (χ3v) is 4.62. The Balaban J connectivity index is 2.55. The lowest BCUT2D eigenvalue weighted by atomic mass is 9.84. The average molecular weight is 295 g/mol. The van der Waals surface area contributed by atoms with Crippen LogP contribution in [0.5, 0.6) is 0 Å². The summed E-state index contributed by atoms with van der Waals surface area (Å²) in [6, 6.07) is 0.550. The van der Waals surface area contributed by atoms with Gasteiger partial charge in [-0.25, -0.2) is 0 Å².